The van der Waals surface area contributed by atoms with E-state index >= 15 is 0 Å². The molecular weight excluding hydrogens is 379 g/mol. The van der Waals surface area contributed by atoms with Crippen LogP contribution in [0.3, 0.4) is 0 Å². The number of hydrogen-bond donors (Lipinski definition) is 0. The minimum atomic E-state index is -0.498. The number of rotatable bonds is 5. The standard InChI is InChI=1S/C19H16Cl2O5/c20-14-5-1-12(2-6-14)18(22)25-11-17-16(9-10-24-17)26-19(23)13-3-7-15(21)8-4-13/h1-8,16-17H,9-11H2/t16-,17+/m0/s1. The van der Waals surface area contributed by atoms with Crippen molar-refractivity contribution in [2.45, 2.75) is 18.6 Å². The van der Waals surface area contributed by atoms with Gasteiger partial charge in [-0.1, -0.05) is 23.2 Å². The monoisotopic (exact) mass is 394 g/mol. The highest BCUT2D eigenvalue weighted by atomic mass is 35.5. The largest absolute Gasteiger partial charge is 0.459 e. The number of esters is 2. The quantitative estimate of drug-likeness (QED) is 0.712. The third kappa shape index (κ3) is 4.75. The van der Waals surface area contributed by atoms with Crippen LogP contribution in [0.15, 0.2) is 48.5 Å². The average Bonchev–Trinajstić information content (AvgIpc) is 3.08. The minimum Gasteiger partial charge on any atom is -0.459 e. The Morgan fingerprint density at radius 2 is 1.46 bits per heavy atom. The summed E-state index contributed by atoms with van der Waals surface area (Å²) in [6, 6.07) is 12.8. The van der Waals surface area contributed by atoms with Gasteiger partial charge in [-0.25, -0.2) is 9.59 Å². The van der Waals surface area contributed by atoms with Crippen LogP contribution in [0.2, 0.25) is 10.0 Å². The van der Waals surface area contributed by atoms with Gasteiger partial charge in [-0.15, -0.1) is 0 Å². The molecule has 0 N–H and O–H groups in total. The summed E-state index contributed by atoms with van der Waals surface area (Å²) in [5.74, 6) is -0.953. The summed E-state index contributed by atoms with van der Waals surface area (Å²) in [6.07, 6.45) is -0.429. The molecule has 0 unspecified atom stereocenters. The molecule has 0 saturated carbocycles. The van der Waals surface area contributed by atoms with Gasteiger partial charge in [-0.2, -0.15) is 0 Å². The van der Waals surface area contributed by atoms with Crippen LogP contribution in [0, 0.1) is 0 Å². The summed E-state index contributed by atoms with van der Waals surface area (Å²) in [5, 5.41) is 1.08. The maximum absolute atomic E-state index is 12.2. The smallest absolute Gasteiger partial charge is 0.338 e. The van der Waals surface area contributed by atoms with Crippen LogP contribution in [0.1, 0.15) is 27.1 Å². The molecule has 0 bridgehead atoms. The average molecular weight is 395 g/mol. The lowest BCUT2D eigenvalue weighted by Gasteiger charge is -2.19. The molecule has 7 heteroatoms. The number of ether oxygens (including phenoxy) is 3. The van der Waals surface area contributed by atoms with E-state index in [1.165, 1.54) is 0 Å². The van der Waals surface area contributed by atoms with Crippen LogP contribution in [0.4, 0.5) is 0 Å². The Bertz CT molecular complexity index is 774. The zero-order valence-corrected chi connectivity index (χ0v) is 15.2. The zero-order valence-electron chi connectivity index (χ0n) is 13.7. The number of hydrogen-bond acceptors (Lipinski definition) is 5. The van der Waals surface area contributed by atoms with E-state index in [2.05, 4.69) is 0 Å². The molecule has 0 aliphatic carbocycles. The maximum Gasteiger partial charge on any atom is 0.338 e. The molecular formula is C19H16Cl2O5. The Labute approximate surface area is 160 Å². The summed E-state index contributed by atoms with van der Waals surface area (Å²) < 4.78 is 16.3. The molecule has 3 rings (SSSR count). The van der Waals surface area contributed by atoms with Crippen molar-refractivity contribution in [2.75, 3.05) is 13.2 Å². The van der Waals surface area contributed by atoms with Crippen molar-refractivity contribution in [3.63, 3.8) is 0 Å². The number of carbonyl (C=O) groups is 2. The Morgan fingerprint density at radius 1 is 0.923 bits per heavy atom. The van der Waals surface area contributed by atoms with Crippen LogP contribution in [-0.2, 0) is 14.2 Å². The van der Waals surface area contributed by atoms with Gasteiger partial charge >= 0.3 is 11.9 Å². The van der Waals surface area contributed by atoms with E-state index in [4.69, 9.17) is 37.4 Å². The second kappa shape index (κ2) is 8.54. The second-order valence-electron chi connectivity index (χ2n) is 5.75. The van der Waals surface area contributed by atoms with Crippen molar-refractivity contribution in [1.82, 2.24) is 0 Å². The minimum absolute atomic E-state index is 0.0000241. The molecule has 1 heterocycles. The number of halogens is 2. The fourth-order valence-electron chi connectivity index (χ4n) is 2.54. The van der Waals surface area contributed by atoms with E-state index in [-0.39, 0.29) is 6.61 Å². The number of benzene rings is 2. The topological polar surface area (TPSA) is 61.8 Å². The summed E-state index contributed by atoms with van der Waals surface area (Å²) >= 11 is 11.6. The van der Waals surface area contributed by atoms with E-state index in [9.17, 15) is 9.59 Å². The molecule has 0 spiro atoms. The molecule has 1 aliphatic heterocycles. The summed E-state index contributed by atoms with van der Waals surface area (Å²) in [6.45, 7) is 0.432. The molecule has 26 heavy (non-hydrogen) atoms. The van der Waals surface area contributed by atoms with E-state index in [0.29, 0.717) is 34.2 Å². The molecule has 2 aromatic rings. The van der Waals surface area contributed by atoms with E-state index in [0.717, 1.165) is 0 Å². The SMILES string of the molecule is O=C(OC[C@H]1OCC[C@@H]1OC(=O)c1ccc(Cl)cc1)c1ccc(Cl)cc1. The highest BCUT2D eigenvalue weighted by Crippen LogP contribution is 2.20. The van der Waals surface area contributed by atoms with Crippen LogP contribution in [-0.4, -0.2) is 37.4 Å². The van der Waals surface area contributed by atoms with E-state index in [1.54, 1.807) is 48.5 Å². The van der Waals surface area contributed by atoms with Crippen LogP contribution < -0.4 is 0 Å². The van der Waals surface area contributed by atoms with Crippen LogP contribution >= 0.6 is 23.2 Å². The fourth-order valence-corrected chi connectivity index (χ4v) is 2.79. The molecule has 0 amide bonds. The van der Waals surface area contributed by atoms with Gasteiger partial charge in [0.15, 0.2) is 0 Å². The highest BCUT2D eigenvalue weighted by molar-refractivity contribution is 6.30. The summed E-state index contributed by atoms with van der Waals surface area (Å²) in [5.41, 5.74) is 0.792. The molecule has 1 fully saturated rings. The van der Waals surface area contributed by atoms with E-state index in [1.807, 2.05) is 0 Å². The first-order chi connectivity index (χ1) is 12.5. The Morgan fingerprint density at radius 3 is 2.04 bits per heavy atom. The molecule has 2 aromatic carbocycles. The summed E-state index contributed by atoms with van der Waals surface area (Å²) in [7, 11) is 0. The molecule has 5 nitrogen and oxygen atoms in total. The lowest BCUT2D eigenvalue weighted by atomic mass is 10.2. The third-order valence-electron chi connectivity index (χ3n) is 3.95. The van der Waals surface area contributed by atoms with Crippen molar-refractivity contribution in [3.05, 3.63) is 69.7 Å². The third-order valence-corrected chi connectivity index (χ3v) is 4.45. The van der Waals surface area contributed by atoms with Gasteiger partial charge < -0.3 is 14.2 Å². The van der Waals surface area contributed by atoms with Crippen LogP contribution in [0.5, 0.6) is 0 Å². The Kier molecular flexibility index (Phi) is 6.14. The predicted octanol–water partition coefficient (Wildman–Crippen LogP) is 4.16. The molecule has 0 aromatic heterocycles. The van der Waals surface area contributed by atoms with Crippen molar-refractivity contribution in [3.8, 4) is 0 Å². The van der Waals surface area contributed by atoms with Gasteiger partial charge in [0, 0.05) is 16.5 Å². The van der Waals surface area contributed by atoms with Gasteiger partial charge in [0.2, 0.25) is 0 Å². The van der Waals surface area contributed by atoms with Crippen molar-refractivity contribution >= 4 is 35.1 Å². The van der Waals surface area contributed by atoms with Crippen molar-refractivity contribution < 1.29 is 23.8 Å². The predicted molar refractivity (Wildman–Crippen MR) is 96.7 cm³/mol. The van der Waals surface area contributed by atoms with Gasteiger partial charge in [0.1, 0.15) is 18.8 Å². The van der Waals surface area contributed by atoms with Gasteiger partial charge in [-0.05, 0) is 48.5 Å². The first kappa shape index (κ1) is 18.7. The number of carbonyl (C=O) groups excluding carboxylic acids is 2. The van der Waals surface area contributed by atoms with Crippen molar-refractivity contribution in [1.29, 1.82) is 0 Å². The van der Waals surface area contributed by atoms with E-state index < -0.39 is 24.1 Å². The Balaban J connectivity index is 1.54. The maximum atomic E-state index is 12.2. The summed E-state index contributed by atoms with van der Waals surface area (Å²) in [4.78, 5) is 24.3. The molecule has 136 valence electrons. The van der Waals surface area contributed by atoms with Gasteiger partial charge in [-0.3, -0.25) is 0 Å². The first-order valence-corrected chi connectivity index (χ1v) is 8.79. The Hall–Kier alpha value is -2.08. The van der Waals surface area contributed by atoms with Gasteiger partial charge in [0.05, 0.1) is 17.7 Å². The lowest BCUT2D eigenvalue weighted by Crippen LogP contribution is -2.32. The zero-order chi connectivity index (χ0) is 18.5. The van der Waals surface area contributed by atoms with Gasteiger partial charge in [0.25, 0.3) is 0 Å². The molecule has 0 radical (unpaired) electrons. The van der Waals surface area contributed by atoms with Crippen LogP contribution in [0.25, 0.3) is 0 Å². The normalized spacial score (nSPS) is 19.2. The second-order valence-corrected chi connectivity index (χ2v) is 6.63. The van der Waals surface area contributed by atoms with Crippen molar-refractivity contribution in [2.24, 2.45) is 0 Å². The molecule has 1 saturated heterocycles. The molecule has 1 aliphatic rings. The first-order valence-electron chi connectivity index (χ1n) is 8.04. The lowest BCUT2D eigenvalue weighted by molar-refractivity contribution is -0.0282. The fraction of sp³-hybridized carbons (Fsp3) is 0.263. The highest BCUT2D eigenvalue weighted by Gasteiger charge is 2.33. The molecule has 2 atom stereocenters.